The van der Waals surface area contributed by atoms with E-state index in [1.165, 1.54) is 23.1 Å². The average Bonchev–Trinajstić information content (AvgIpc) is 2.44. The minimum Gasteiger partial charge on any atom is -0.478 e. The Morgan fingerprint density at radius 1 is 1.43 bits per heavy atom. The Bertz CT molecular complexity index is 542. The summed E-state index contributed by atoms with van der Waals surface area (Å²) in [5, 5.41) is 8.51. The van der Waals surface area contributed by atoms with Crippen LogP contribution >= 0.6 is 0 Å². The number of nitrogens with zero attached hydrogens (tertiary/aromatic N) is 1. The number of carbonyl (C=O) groups excluding carboxylic acids is 1. The van der Waals surface area contributed by atoms with Gasteiger partial charge in [0.1, 0.15) is 5.82 Å². The number of methoxy groups -OCH3 is 1. The van der Waals surface area contributed by atoms with Crippen LogP contribution in [0.1, 0.15) is 22.3 Å². The van der Waals surface area contributed by atoms with E-state index in [1.54, 1.807) is 14.2 Å². The Balaban J connectivity index is 2.79. The minimum absolute atomic E-state index is 0.0395. The Kier molecular flexibility index (Phi) is 6.55. The number of hydrogen-bond donors (Lipinski definition) is 1. The van der Waals surface area contributed by atoms with Crippen LogP contribution in [0.4, 0.5) is 4.39 Å². The van der Waals surface area contributed by atoms with Gasteiger partial charge in [-0.2, -0.15) is 0 Å². The summed E-state index contributed by atoms with van der Waals surface area (Å²) in [5.74, 6) is -2.21. The van der Waals surface area contributed by atoms with Gasteiger partial charge in [-0.1, -0.05) is 6.07 Å². The standard InChI is InChI=1S/C15H18FNO4/c1-17(8-3-9-21-2)15(20)12-6-4-11(10-13(12)16)5-7-14(18)19/h4-7,10H,3,8-9H2,1-2H3,(H,18,19). The molecule has 0 radical (unpaired) electrons. The number of halogens is 1. The smallest absolute Gasteiger partial charge is 0.328 e. The zero-order valence-corrected chi connectivity index (χ0v) is 12.0. The van der Waals surface area contributed by atoms with Gasteiger partial charge in [0.2, 0.25) is 0 Å². The molecule has 0 unspecified atom stereocenters. The highest BCUT2D eigenvalue weighted by Gasteiger charge is 2.15. The Morgan fingerprint density at radius 2 is 2.14 bits per heavy atom. The molecular weight excluding hydrogens is 277 g/mol. The number of carboxylic acid groups (broad SMARTS) is 1. The number of ether oxygens (including phenoxy) is 1. The number of hydrogen-bond acceptors (Lipinski definition) is 3. The fraction of sp³-hybridized carbons (Fsp3) is 0.333. The number of carbonyl (C=O) groups is 2. The van der Waals surface area contributed by atoms with E-state index in [0.717, 1.165) is 12.1 Å². The molecule has 1 amide bonds. The number of benzene rings is 1. The van der Waals surface area contributed by atoms with E-state index < -0.39 is 17.7 Å². The first kappa shape index (κ1) is 16.8. The molecule has 1 N–H and O–H groups in total. The summed E-state index contributed by atoms with van der Waals surface area (Å²) in [6.45, 7) is 0.992. The van der Waals surface area contributed by atoms with Gasteiger partial charge < -0.3 is 14.7 Å². The van der Waals surface area contributed by atoms with Gasteiger partial charge in [-0.05, 0) is 30.2 Å². The summed E-state index contributed by atoms with van der Waals surface area (Å²) in [6.07, 6.45) is 2.84. The van der Waals surface area contributed by atoms with E-state index in [1.807, 2.05) is 0 Å². The van der Waals surface area contributed by atoms with Crippen LogP contribution in [0.2, 0.25) is 0 Å². The van der Waals surface area contributed by atoms with Crippen LogP contribution in [-0.2, 0) is 9.53 Å². The van der Waals surface area contributed by atoms with E-state index in [4.69, 9.17) is 9.84 Å². The largest absolute Gasteiger partial charge is 0.478 e. The van der Waals surface area contributed by atoms with Crippen molar-refractivity contribution in [2.75, 3.05) is 27.3 Å². The molecule has 0 bridgehead atoms. The number of carboxylic acids is 1. The van der Waals surface area contributed by atoms with Crippen LogP contribution in [0.25, 0.3) is 6.08 Å². The lowest BCUT2D eigenvalue weighted by Gasteiger charge is -2.17. The van der Waals surface area contributed by atoms with E-state index in [2.05, 4.69) is 0 Å². The molecule has 6 heteroatoms. The van der Waals surface area contributed by atoms with Gasteiger partial charge in [0.25, 0.3) is 5.91 Å². The quantitative estimate of drug-likeness (QED) is 0.617. The fourth-order valence-electron chi connectivity index (χ4n) is 1.73. The Hall–Kier alpha value is -2.21. The van der Waals surface area contributed by atoms with Crippen LogP contribution in [0, 0.1) is 5.82 Å². The van der Waals surface area contributed by atoms with Crippen molar-refractivity contribution in [1.29, 1.82) is 0 Å². The molecule has 0 atom stereocenters. The van der Waals surface area contributed by atoms with Crippen molar-refractivity contribution < 1.29 is 23.8 Å². The second-order valence-electron chi connectivity index (χ2n) is 4.48. The Labute approximate surface area is 122 Å². The third kappa shape index (κ3) is 5.35. The molecule has 5 nitrogen and oxygen atoms in total. The third-order valence-electron chi connectivity index (χ3n) is 2.83. The maximum atomic E-state index is 13.9. The third-order valence-corrected chi connectivity index (χ3v) is 2.83. The first-order chi connectivity index (χ1) is 9.95. The molecule has 0 aliphatic heterocycles. The highest BCUT2D eigenvalue weighted by atomic mass is 19.1. The van der Waals surface area contributed by atoms with Crippen molar-refractivity contribution in [1.82, 2.24) is 4.90 Å². The van der Waals surface area contributed by atoms with E-state index >= 15 is 0 Å². The molecule has 0 aromatic heterocycles. The molecule has 0 aliphatic rings. The summed E-state index contributed by atoms with van der Waals surface area (Å²) in [4.78, 5) is 23.9. The fourth-order valence-corrected chi connectivity index (χ4v) is 1.73. The van der Waals surface area contributed by atoms with Crippen molar-refractivity contribution in [3.8, 4) is 0 Å². The molecule has 1 rings (SSSR count). The summed E-state index contributed by atoms with van der Waals surface area (Å²) in [6, 6.07) is 3.99. The monoisotopic (exact) mass is 295 g/mol. The second-order valence-corrected chi connectivity index (χ2v) is 4.48. The van der Waals surface area contributed by atoms with Crippen LogP contribution < -0.4 is 0 Å². The molecule has 0 aliphatic carbocycles. The van der Waals surface area contributed by atoms with Crippen LogP contribution in [0.5, 0.6) is 0 Å². The normalized spacial score (nSPS) is 10.8. The van der Waals surface area contributed by atoms with Crippen LogP contribution in [0.3, 0.4) is 0 Å². The summed E-state index contributed by atoms with van der Waals surface area (Å²) >= 11 is 0. The summed E-state index contributed by atoms with van der Waals surface area (Å²) < 4.78 is 18.8. The molecule has 0 fully saturated rings. The molecule has 0 saturated carbocycles. The van der Waals surface area contributed by atoms with Crippen molar-refractivity contribution in [2.24, 2.45) is 0 Å². The number of aliphatic carboxylic acids is 1. The predicted octanol–water partition coefficient (Wildman–Crippen LogP) is 2.03. The zero-order chi connectivity index (χ0) is 15.8. The van der Waals surface area contributed by atoms with Gasteiger partial charge in [0.05, 0.1) is 5.56 Å². The number of rotatable bonds is 7. The van der Waals surface area contributed by atoms with Crippen LogP contribution in [0.15, 0.2) is 24.3 Å². The van der Waals surface area contributed by atoms with E-state index in [9.17, 15) is 14.0 Å². The molecule has 21 heavy (non-hydrogen) atoms. The molecular formula is C15H18FNO4. The molecule has 1 aromatic carbocycles. The molecule has 1 aromatic rings. The molecule has 0 saturated heterocycles. The SMILES string of the molecule is COCCCN(C)C(=O)c1ccc(C=CC(=O)O)cc1F. The summed E-state index contributed by atoms with van der Waals surface area (Å²) in [5.41, 5.74) is 0.343. The van der Waals surface area contributed by atoms with Gasteiger partial charge in [-0.3, -0.25) is 4.79 Å². The average molecular weight is 295 g/mol. The number of amides is 1. The minimum atomic E-state index is -1.12. The van der Waals surface area contributed by atoms with E-state index in [0.29, 0.717) is 25.1 Å². The van der Waals surface area contributed by atoms with Gasteiger partial charge in [-0.25, -0.2) is 9.18 Å². The van der Waals surface area contributed by atoms with Gasteiger partial charge in [0.15, 0.2) is 0 Å². The maximum Gasteiger partial charge on any atom is 0.328 e. The van der Waals surface area contributed by atoms with Crippen molar-refractivity contribution in [3.63, 3.8) is 0 Å². The highest BCUT2D eigenvalue weighted by molar-refractivity contribution is 5.94. The highest BCUT2D eigenvalue weighted by Crippen LogP contribution is 2.14. The van der Waals surface area contributed by atoms with E-state index in [-0.39, 0.29) is 5.56 Å². The first-order valence-corrected chi connectivity index (χ1v) is 6.40. The Morgan fingerprint density at radius 3 is 2.71 bits per heavy atom. The topological polar surface area (TPSA) is 66.8 Å². The molecule has 114 valence electrons. The lowest BCUT2D eigenvalue weighted by molar-refractivity contribution is -0.131. The lowest BCUT2D eigenvalue weighted by Crippen LogP contribution is -2.29. The first-order valence-electron chi connectivity index (χ1n) is 6.40. The van der Waals surface area contributed by atoms with Crippen molar-refractivity contribution in [2.45, 2.75) is 6.42 Å². The lowest BCUT2D eigenvalue weighted by atomic mass is 10.1. The predicted molar refractivity (Wildman–Crippen MR) is 76.5 cm³/mol. The summed E-state index contributed by atoms with van der Waals surface area (Å²) in [7, 11) is 3.17. The van der Waals surface area contributed by atoms with Crippen molar-refractivity contribution >= 4 is 18.0 Å². The second kappa shape index (κ2) is 8.16. The van der Waals surface area contributed by atoms with Gasteiger partial charge in [-0.15, -0.1) is 0 Å². The van der Waals surface area contributed by atoms with Gasteiger partial charge >= 0.3 is 5.97 Å². The molecule has 0 heterocycles. The molecule has 0 spiro atoms. The van der Waals surface area contributed by atoms with Crippen LogP contribution in [-0.4, -0.2) is 49.2 Å². The zero-order valence-electron chi connectivity index (χ0n) is 12.0. The maximum absolute atomic E-state index is 13.9. The van der Waals surface area contributed by atoms with Crippen molar-refractivity contribution in [3.05, 3.63) is 41.2 Å². The van der Waals surface area contributed by atoms with Gasteiger partial charge in [0, 0.05) is 33.4 Å².